The van der Waals surface area contributed by atoms with Crippen LogP contribution in [0.2, 0.25) is 0 Å². The van der Waals surface area contributed by atoms with E-state index in [1.165, 1.54) is 9.75 Å². The molecule has 68 valence electrons. The first-order chi connectivity index (χ1) is 5.76. The Balaban J connectivity index is 2.50. The summed E-state index contributed by atoms with van der Waals surface area (Å²) in [7, 11) is 0. The highest BCUT2D eigenvalue weighted by molar-refractivity contribution is 7.11. The maximum Gasteiger partial charge on any atom is 0.0474 e. The number of hydrogen-bond acceptors (Lipinski definition) is 3. The molecular formula is C9H15NOS. The van der Waals surface area contributed by atoms with Crippen LogP contribution in [0.3, 0.4) is 0 Å². The maximum absolute atomic E-state index is 8.92. The van der Waals surface area contributed by atoms with Gasteiger partial charge < -0.3 is 10.8 Å². The molecule has 0 aromatic carbocycles. The van der Waals surface area contributed by atoms with E-state index in [2.05, 4.69) is 19.1 Å². The van der Waals surface area contributed by atoms with Crippen LogP contribution in [0.4, 0.5) is 0 Å². The summed E-state index contributed by atoms with van der Waals surface area (Å²) in [5, 5.41) is 8.92. The highest BCUT2D eigenvalue weighted by Gasteiger charge is 2.07. The molecule has 0 saturated heterocycles. The van der Waals surface area contributed by atoms with Crippen molar-refractivity contribution in [3.8, 4) is 0 Å². The fourth-order valence-electron chi connectivity index (χ4n) is 1.10. The van der Waals surface area contributed by atoms with Gasteiger partial charge in [0.15, 0.2) is 0 Å². The van der Waals surface area contributed by atoms with Crippen molar-refractivity contribution < 1.29 is 5.11 Å². The monoisotopic (exact) mass is 185 g/mol. The van der Waals surface area contributed by atoms with Crippen LogP contribution < -0.4 is 5.73 Å². The van der Waals surface area contributed by atoms with Crippen molar-refractivity contribution in [2.75, 3.05) is 13.2 Å². The third-order valence-electron chi connectivity index (χ3n) is 1.88. The average molecular weight is 185 g/mol. The van der Waals surface area contributed by atoms with Gasteiger partial charge in [0.2, 0.25) is 0 Å². The minimum Gasteiger partial charge on any atom is -0.396 e. The lowest BCUT2D eigenvalue weighted by Crippen LogP contribution is -2.19. The van der Waals surface area contributed by atoms with Crippen molar-refractivity contribution in [2.45, 2.75) is 13.3 Å². The smallest absolute Gasteiger partial charge is 0.0474 e. The third kappa shape index (κ3) is 2.59. The first kappa shape index (κ1) is 9.71. The minimum absolute atomic E-state index is 0.188. The van der Waals surface area contributed by atoms with Crippen molar-refractivity contribution in [1.29, 1.82) is 0 Å². The molecule has 0 aliphatic carbocycles. The van der Waals surface area contributed by atoms with Gasteiger partial charge in [-0.25, -0.2) is 0 Å². The summed E-state index contributed by atoms with van der Waals surface area (Å²) in [5.74, 6) is 0.225. The number of nitrogens with two attached hydrogens (primary N) is 1. The summed E-state index contributed by atoms with van der Waals surface area (Å²) >= 11 is 1.78. The van der Waals surface area contributed by atoms with Crippen molar-refractivity contribution in [3.63, 3.8) is 0 Å². The average Bonchev–Trinajstić information content (AvgIpc) is 2.47. The van der Waals surface area contributed by atoms with E-state index < -0.39 is 0 Å². The van der Waals surface area contributed by atoms with Crippen LogP contribution >= 0.6 is 11.3 Å². The Morgan fingerprint density at radius 1 is 1.58 bits per heavy atom. The first-order valence-corrected chi connectivity index (χ1v) is 4.94. The van der Waals surface area contributed by atoms with Crippen molar-refractivity contribution in [3.05, 3.63) is 21.9 Å². The molecule has 1 rings (SSSR count). The molecule has 0 amide bonds. The molecule has 0 aliphatic rings. The molecule has 0 radical (unpaired) electrons. The number of rotatable bonds is 4. The zero-order valence-electron chi connectivity index (χ0n) is 7.29. The van der Waals surface area contributed by atoms with Gasteiger partial charge in [0, 0.05) is 16.4 Å². The maximum atomic E-state index is 8.92. The molecule has 3 heteroatoms. The van der Waals surface area contributed by atoms with E-state index in [-0.39, 0.29) is 12.5 Å². The highest BCUT2D eigenvalue weighted by atomic mass is 32.1. The Morgan fingerprint density at radius 2 is 2.33 bits per heavy atom. The lowest BCUT2D eigenvalue weighted by Gasteiger charge is -2.08. The molecule has 0 spiro atoms. The van der Waals surface area contributed by atoms with Crippen LogP contribution in [0.1, 0.15) is 9.75 Å². The Labute approximate surface area is 77.0 Å². The Hall–Kier alpha value is -0.380. The first-order valence-electron chi connectivity index (χ1n) is 4.12. The van der Waals surface area contributed by atoms with Gasteiger partial charge in [-0.05, 0) is 37.9 Å². The zero-order chi connectivity index (χ0) is 8.97. The molecular weight excluding hydrogens is 170 g/mol. The van der Waals surface area contributed by atoms with Gasteiger partial charge >= 0.3 is 0 Å². The van der Waals surface area contributed by atoms with Crippen molar-refractivity contribution in [2.24, 2.45) is 11.7 Å². The van der Waals surface area contributed by atoms with Crippen LogP contribution in [-0.2, 0) is 6.42 Å². The van der Waals surface area contributed by atoms with E-state index in [0.29, 0.717) is 6.54 Å². The van der Waals surface area contributed by atoms with Crippen molar-refractivity contribution >= 4 is 11.3 Å². The number of aliphatic hydroxyl groups excluding tert-OH is 1. The normalized spacial score (nSPS) is 13.2. The summed E-state index contributed by atoms with van der Waals surface area (Å²) in [4.78, 5) is 2.63. The molecule has 1 aromatic heterocycles. The van der Waals surface area contributed by atoms with E-state index in [0.717, 1.165) is 6.42 Å². The molecule has 0 fully saturated rings. The summed E-state index contributed by atoms with van der Waals surface area (Å²) in [6.45, 7) is 2.84. The standard InChI is InChI=1S/C9H15NOS/c1-7-2-3-9(12-7)4-8(5-10)6-11/h2-3,8,11H,4-6,10H2,1H3/t8-/m1/s1. The van der Waals surface area contributed by atoms with Crippen molar-refractivity contribution in [1.82, 2.24) is 0 Å². The second-order valence-corrected chi connectivity index (χ2v) is 4.37. The molecule has 2 nitrogen and oxygen atoms in total. The van der Waals surface area contributed by atoms with Crippen LogP contribution in [-0.4, -0.2) is 18.3 Å². The lowest BCUT2D eigenvalue weighted by molar-refractivity contribution is 0.230. The second kappa shape index (κ2) is 4.60. The minimum atomic E-state index is 0.188. The number of aliphatic hydroxyl groups is 1. The van der Waals surface area contributed by atoms with Crippen LogP contribution in [0.25, 0.3) is 0 Å². The fraction of sp³-hybridized carbons (Fsp3) is 0.556. The van der Waals surface area contributed by atoms with Gasteiger partial charge in [0.1, 0.15) is 0 Å². The van der Waals surface area contributed by atoms with Gasteiger partial charge in [-0.1, -0.05) is 0 Å². The van der Waals surface area contributed by atoms with E-state index in [1.807, 2.05) is 0 Å². The molecule has 1 atom stereocenters. The van der Waals surface area contributed by atoms with Crippen LogP contribution in [0.15, 0.2) is 12.1 Å². The van der Waals surface area contributed by atoms with Gasteiger partial charge in [0.05, 0.1) is 0 Å². The molecule has 3 N–H and O–H groups in total. The Morgan fingerprint density at radius 3 is 2.75 bits per heavy atom. The quantitative estimate of drug-likeness (QED) is 0.739. The molecule has 0 unspecified atom stereocenters. The lowest BCUT2D eigenvalue weighted by atomic mass is 10.1. The second-order valence-electron chi connectivity index (χ2n) is 3.00. The molecule has 0 aliphatic heterocycles. The molecule has 0 bridgehead atoms. The number of aryl methyl sites for hydroxylation is 1. The molecule has 1 aromatic rings. The van der Waals surface area contributed by atoms with Crippen LogP contribution in [0, 0.1) is 12.8 Å². The highest BCUT2D eigenvalue weighted by Crippen LogP contribution is 2.18. The third-order valence-corrected chi connectivity index (χ3v) is 2.90. The van der Waals surface area contributed by atoms with Gasteiger partial charge in [0.25, 0.3) is 0 Å². The Bertz CT molecular complexity index is 230. The predicted octanol–water partition coefficient (Wildman–Crippen LogP) is 1.17. The van der Waals surface area contributed by atoms with E-state index in [9.17, 15) is 0 Å². The topological polar surface area (TPSA) is 46.2 Å². The summed E-state index contributed by atoms with van der Waals surface area (Å²) in [6, 6.07) is 4.21. The summed E-state index contributed by atoms with van der Waals surface area (Å²) < 4.78 is 0. The molecule has 1 heterocycles. The van der Waals surface area contributed by atoms with Crippen LogP contribution in [0.5, 0.6) is 0 Å². The van der Waals surface area contributed by atoms with Gasteiger partial charge in [-0.15, -0.1) is 11.3 Å². The van der Waals surface area contributed by atoms with E-state index >= 15 is 0 Å². The van der Waals surface area contributed by atoms with Gasteiger partial charge in [-0.2, -0.15) is 0 Å². The van der Waals surface area contributed by atoms with E-state index in [4.69, 9.17) is 10.8 Å². The molecule has 12 heavy (non-hydrogen) atoms. The van der Waals surface area contributed by atoms with Gasteiger partial charge in [-0.3, -0.25) is 0 Å². The summed E-state index contributed by atoms with van der Waals surface area (Å²) in [6.07, 6.45) is 0.908. The van der Waals surface area contributed by atoms with E-state index in [1.54, 1.807) is 11.3 Å². The predicted molar refractivity (Wildman–Crippen MR) is 52.4 cm³/mol. The Kier molecular flexibility index (Phi) is 3.72. The summed E-state index contributed by atoms with van der Waals surface area (Å²) in [5.41, 5.74) is 5.48. The fourth-order valence-corrected chi connectivity index (χ4v) is 2.11. The largest absolute Gasteiger partial charge is 0.396 e. The SMILES string of the molecule is Cc1ccc(C[C@H](CN)CO)s1. The zero-order valence-corrected chi connectivity index (χ0v) is 8.10. The number of hydrogen-bond donors (Lipinski definition) is 2. The molecule has 0 saturated carbocycles. The number of thiophene rings is 1.